The summed E-state index contributed by atoms with van der Waals surface area (Å²) >= 11 is 0. The highest BCUT2D eigenvalue weighted by molar-refractivity contribution is 5.96. The first-order valence-corrected chi connectivity index (χ1v) is 6.91. The first-order chi connectivity index (χ1) is 11.1. The monoisotopic (exact) mass is 312 g/mol. The minimum atomic E-state index is -0.623. The number of ether oxygens (including phenoxy) is 1. The van der Waals surface area contributed by atoms with Crippen LogP contribution in [0.15, 0.2) is 53.6 Å². The van der Waals surface area contributed by atoms with Crippen molar-refractivity contribution in [3.05, 3.63) is 70.5 Å². The lowest BCUT2D eigenvalue weighted by molar-refractivity contribution is 0.0970. The van der Waals surface area contributed by atoms with Crippen LogP contribution in [0.5, 0.6) is 5.75 Å². The van der Waals surface area contributed by atoms with E-state index < -0.39 is 5.82 Å². The Bertz CT molecular complexity index is 950. The van der Waals surface area contributed by atoms with E-state index in [2.05, 4.69) is 4.98 Å². The molecule has 0 bridgehead atoms. The molecule has 6 heteroatoms. The molecule has 0 aliphatic heterocycles. The molecule has 0 aliphatic carbocycles. The maximum atomic E-state index is 13.7. The smallest absolute Gasteiger partial charge is 0.261 e. The zero-order chi connectivity index (χ0) is 16.4. The third kappa shape index (κ3) is 2.83. The van der Waals surface area contributed by atoms with Crippen LogP contribution in [-0.2, 0) is 6.54 Å². The van der Waals surface area contributed by atoms with Crippen molar-refractivity contribution in [1.29, 1.82) is 0 Å². The van der Waals surface area contributed by atoms with Gasteiger partial charge in [-0.25, -0.2) is 9.37 Å². The van der Waals surface area contributed by atoms with E-state index in [1.54, 1.807) is 24.3 Å². The van der Waals surface area contributed by atoms with Gasteiger partial charge in [0, 0.05) is 5.56 Å². The molecule has 1 aromatic heterocycles. The Morgan fingerprint density at radius 2 is 2.04 bits per heavy atom. The number of carbonyl (C=O) groups excluding carboxylic acids is 1. The number of carbonyl (C=O) groups is 1. The number of hydrogen-bond acceptors (Lipinski definition) is 4. The highest BCUT2D eigenvalue weighted by Gasteiger charge is 2.12. The zero-order valence-corrected chi connectivity index (χ0v) is 12.3. The first-order valence-electron chi connectivity index (χ1n) is 6.91. The third-order valence-corrected chi connectivity index (χ3v) is 3.52. The number of ketones is 1. The van der Waals surface area contributed by atoms with Gasteiger partial charge < -0.3 is 4.74 Å². The van der Waals surface area contributed by atoms with Crippen molar-refractivity contribution in [2.45, 2.75) is 6.54 Å². The van der Waals surface area contributed by atoms with Gasteiger partial charge in [0.05, 0.1) is 30.9 Å². The topological polar surface area (TPSA) is 61.2 Å². The van der Waals surface area contributed by atoms with E-state index in [9.17, 15) is 14.0 Å². The second-order valence-corrected chi connectivity index (χ2v) is 4.97. The van der Waals surface area contributed by atoms with E-state index in [1.807, 2.05) is 0 Å². The highest BCUT2D eigenvalue weighted by atomic mass is 19.1. The van der Waals surface area contributed by atoms with Crippen molar-refractivity contribution in [1.82, 2.24) is 9.55 Å². The summed E-state index contributed by atoms with van der Waals surface area (Å²) in [7, 11) is 1.35. The van der Waals surface area contributed by atoms with Crippen LogP contribution in [0, 0.1) is 5.82 Å². The SMILES string of the molecule is COc1ccc(C(=O)Cn2cnc3ccccc3c2=O)cc1F. The molecule has 0 saturated carbocycles. The summed E-state index contributed by atoms with van der Waals surface area (Å²) < 4.78 is 19.7. The van der Waals surface area contributed by atoms with Gasteiger partial charge in [-0.15, -0.1) is 0 Å². The minimum Gasteiger partial charge on any atom is -0.494 e. The Morgan fingerprint density at radius 1 is 1.26 bits per heavy atom. The lowest BCUT2D eigenvalue weighted by atomic mass is 10.1. The van der Waals surface area contributed by atoms with E-state index in [0.717, 1.165) is 6.07 Å². The largest absolute Gasteiger partial charge is 0.494 e. The number of nitrogens with zero attached hydrogens (tertiary/aromatic N) is 2. The molecule has 2 aromatic carbocycles. The van der Waals surface area contributed by atoms with Gasteiger partial charge in [-0.1, -0.05) is 12.1 Å². The predicted molar refractivity (Wildman–Crippen MR) is 83.3 cm³/mol. The van der Waals surface area contributed by atoms with Gasteiger partial charge in [0.1, 0.15) is 0 Å². The van der Waals surface area contributed by atoms with Gasteiger partial charge in [-0.05, 0) is 30.3 Å². The van der Waals surface area contributed by atoms with Crippen molar-refractivity contribution in [3.8, 4) is 5.75 Å². The number of rotatable bonds is 4. The molecule has 1 heterocycles. The summed E-state index contributed by atoms with van der Waals surface area (Å²) in [6.45, 7) is -0.206. The lowest BCUT2D eigenvalue weighted by Crippen LogP contribution is -2.24. The summed E-state index contributed by atoms with van der Waals surface area (Å²) in [5, 5.41) is 0.434. The number of halogens is 1. The summed E-state index contributed by atoms with van der Waals surface area (Å²) in [5.74, 6) is -0.945. The molecule has 0 amide bonds. The molecule has 3 aromatic rings. The summed E-state index contributed by atoms with van der Waals surface area (Å²) in [5.41, 5.74) is 0.429. The maximum absolute atomic E-state index is 13.7. The molecule has 0 aliphatic rings. The van der Waals surface area contributed by atoms with Crippen LogP contribution < -0.4 is 10.3 Å². The summed E-state index contributed by atoms with van der Waals surface area (Å²) in [4.78, 5) is 28.7. The third-order valence-electron chi connectivity index (χ3n) is 3.52. The van der Waals surface area contributed by atoms with Crippen LogP contribution in [0.2, 0.25) is 0 Å². The fraction of sp³-hybridized carbons (Fsp3) is 0.118. The van der Waals surface area contributed by atoms with E-state index in [1.165, 1.54) is 30.1 Å². The number of fused-ring (bicyclic) bond motifs is 1. The zero-order valence-electron chi connectivity index (χ0n) is 12.3. The van der Waals surface area contributed by atoms with Crippen molar-refractivity contribution >= 4 is 16.7 Å². The number of benzene rings is 2. The van der Waals surface area contributed by atoms with Crippen LogP contribution in [0.3, 0.4) is 0 Å². The normalized spacial score (nSPS) is 10.7. The van der Waals surface area contributed by atoms with Gasteiger partial charge in [-0.3, -0.25) is 14.2 Å². The van der Waals surface area contributed by atoms with Crippen LogP contribution in [0.25, 0.3) is 10.9 Å². The van der Waals surface area contributed by atoms with Crippen molar-refractivity contribution in [2.75, 3.05) is 7.11 Å². The number of para-hydroxylation sites is 1. The highest BCUT2D eigenvalue weighted by Crippen LogP contribution is 2.18. The fourth-order valence-corrected chi connectivity index (χ4v) is 2.30. The van der Waals surface area contributed by atoms with E-state index in [-0.39, 0.29) is 29.2 Å². The van der Waals surface area contributed by atoms with Gasteiger partial charge in [0.15, 0.2) is 17.3 Å². The predicted octanol–water partition coefficient (Wildman–Crippen LogP) is 2.43. The molecule has 0 radical (unpaired) electrons. The van der Waals surface area contributed by atoms with Gasteiger partial charge >= 0.3 is 0 Å². The number of aromatic nitrogens is 2. The maximum Gasteiger partial charge on any atom is 0.261 e. The molecule has 0 fully saturated rings. The van der Waals surface area contributed by atoms with Crippen LogP contribution in [0.1, 0.15) is 10.4 Å². The van der Waals surface area contributed by atoms with E-state index >= 15 is 0 Å². The quantitative estimate of drug-likeness (QED) is 0.694. The number of Topliss-reactive ketones (excluding diaryl/α,β-unsaturated/α-hetero) is 1. The molecule has 23 heavy (non-hydrogen) atoms. The molecule has 0 atom stereocenters. The molecule has 0 unspecified atom stereocenters. The second kappa shape index (κ2) is 6.00. The van der Waals surface area contributed by atoms with E-state index in [4.69, 9.17) is 4.74 Å². The van der Waals surface area contributed by atoms with Crippen LogP contribution in [0.4, 0.5) is 4.39 Å². The number of methoxy groups -OCH3 is 1. The Balaban J connectivity index is 1.93. The van der Waals surface area contributed by atoms with Crippen molar-refractivity contribution in [2.24, 2.45) is 0 Å². The van der Waals surface area contributed by atoms with Crippen LogP contribution >= 0.6 is 0 Å². The molecule has 0 saturated heterocycles. The van der Waals surface area contributed by atoms with E-state index in [0.29, 0.717) is 10.9 Å². The van der Waals surface area contributed by atoms with Crippen LogP contribution in [-0.4, -0.2) is 22.4 Å². The Morgan fingerprint density at radius 3 is 2.78 bits per heavy atom. The first kappa shape index (κ1) is 14.9. The standard InChI is InChI=1S/C17H13FN2O3/c1-23-16-7-6-11(8-13(16)18)15(21)9-20-10-19-14-5-3-2-4-12(14)17(20)22/h2-8,10H,9H2,1H3. The molecular weight excluding hydrogens is 299 g/mol. The second-order valence-electron chi connectivity index (χ2n) is 4.97. The van der Waals surface area contributed by atoms with Gasteiger partial charge in [0.25, 0.3) is 5.56 Å². The Kier molecular flexibility index (Phi) is 3.89. The molecular formula is C17H13FN2O3. The summed E-state index contributed by atoms with van der Waals surface area (Å²) in [6.07, 6.45) is 1.32. The summed E-state index contributed by atoms with van der Waals surface area (Å²) in [6, 6.07) is 10.8. The molecule has 0 spiro atoms. The average molecular weight is 312 g/mol. The Hall–Kier alpha value is -3.02. The minimum absolute atomic E-state index is 0.0612. The molecule has 3 rings (SSSR count). The van der Waals surface area contributed by atoms with Gasteiger partial charge in [0.2, 0.25) is 0 Å². The lowest BCUT2D eigenvalue weighted by Gasteiger charge is -2.07. The van der Waals surface area contributed by atoms with Crippen molar-refractivity contribution < 1.29 is 13.9 Å². The fourth-order valence-electron chi connectivity index (χ4n) is 2.30. The molecule has 5 nitrogen and oxygen atoms in total. The number of hydrogen-bond donors (Lipinski definition) is 0. The molecule has 0 N–H and O–H groups in total. The van der Waals surface area contributed by atoms with Gasteiger partial charge in [-0.2, -0.15) is 0 Å². The average Bonchev–Trinajstić information content (AvgIpc) is 2.57. The Labute approximate surface area is 131 Å². The van der Waals surface area contributed by atoms with Crippen molar-refractivity contribution in [3.63, 3.8) is 0 Å². The molecule has 116 valence electrons.